The van der Waals surface area contributed by atoms with Crippen molar-refractivity contribution in [3.63, 3.8) is 0 Å². The summed E-state index contributed by atoms with van der Waals surface area (Å²) in [6.45, 7) is 4.08. The van der Waals surface area contributed by atoms with Crippen LogP contribution < -0.4 is 0 Å². The monoisotopic (exact) mass is 293 g/mol. The van der Waals surface area contributed by atoms with E-state index >= 15 is 0 Å². The number of pyridine rings is 1. The van der Waals surface area contributed by atoms with E-state index < -0.39 is 0 Å². The van der Waals surface area contributed by atoms with Crippen molar-refractivity contribution in [1.82, 2.24) is 14.8 Å². The van der Waals surface area contributed by atoms with Gasteiger partial charge < -0.3 is 4.90 Å². The number of nitrogens with zero attached hydrogens (tertiary/aromatic N) is 3. The number of hydrogen-bond acceptors (Lipinski definition) is 3. The average Bonchev–Trinajstić information content (AvgIpc) is 3.02. The highest BCUT2D eigenvalue weighted by molar-refractivity contribution is 6.29. The van der Waals surface area contributed by atoms with Crippen LogP contribution in [0.5, 0.6) is 0 Å². The molecule has 3 rings (SSSR count). The van der Waals surface area contributed by atoms with Crippen LogP contribution in [0.25, 0.3) is 0 Å². The Bertz CT molecular complexity index is 471. The highest BCUT2D eigenvalue weighted by Gasteiger charge is 2.29. The van der Waals surface area contributed by atoms with Crippen LogP contribution in [0.15, 0.2) is 18.3 Å². The Morgan fingerprint density at radius 3 is 2.70 bits per heavy atom. The Balaban J connectivity index is 1.66. The van der Waals surface area contributed by atoms with Gasteiger partial charge >= 0.3 is 0 Å². The maximum absolute atomic E-state index is 12.5. The zero-order valence-electron chi connectivity index (χ0n) is 11.6. The molecule has 1 aromatic heterocycles. The lowest BCUT2D eigenvalue weighted by Gasteiger charge is -2.37. The van der Waals surface area contributed by atoms with Gasteiger partial charge in [-0.2, -0.15) is 0 Å². The van der Waals surface area contributed by atoms with Crippen LogP contribution >= 0.6 is 11.6 Å². The molecule has 5 heteroatoms. The van der Waals surface area contributed by atoms with Crippen molar-refractivity contribution in [2.45, 2.75) is 31.7 Å². The van der Waals surface area contributed by atoms with Gasteiger partial charge in [0.2, 0.25) is 0 Å². The number of halogens is 1. The number of hydrogen-bond donors (Lipinski definition) is 0. The molecular weight excluding hydrogens is 274 g/mol. The van der Waals surface area contributed by atoms with Crippen molar-refractivity contribution in [3.8, 4) is 0 Å². The molecule has 0 saturated carbocycles. The molecule has 2 aliphatic heterocycles. The Hall–Kier alpha value is -1.13. The number of carbonyl (C=O) groups excluding carboxylic acids is 1. The van der Waals surface area contributed by atoms with Crippen LogP contribution in [0.4, 0.5) is 0 Å². The van der Waals surface area contributed by atoms with Crippen LogP contribution in [0, 0.1) is 0 Å². The van der Waals surface area contributed by atoms with Gasteiger partial charge in [-0.15, -0.1) is 0 Å². The van der Waals surface area contributed by atoms with Gasteiger partial charge in [-0.1, -0.05) is 11.6 Å². The van der Waals surface area contributed by atoms with Crippen molar-refractivity contribution < 1.29 is 4.79 Å². The number of carbonyl (C=O) groups is 1. The van der Waals surface area contributed by atoms with E-state index in [4.69, 9.17) is 11.6 Å². The summed E-state index contributed by atoms with van der Waals surface area (Å²) in [6.07, 6.45) is 6.47. The quantitative estimate of drug-likeness (QED) is 0.786. The van der Waals surface area contributed by atoms with Gasteiger partial charge in [-0.05, 0) is 50.9 Å². The molecule has 4 nitrogen and oxygen atoms in total. The summed E-state index contributed by atoms with van der Waals surface area (Å²) in [5.41, 5.74) is 0.636. The number of amides is 1. The summed E-state index contributed by atoms with van der Waals surface area (Å²) < 4.78 is 0. The minimum atomic E-state index is 0.0815. The Labute approximate surface area is 124 Å². The molecule has 0 N–H and O–H groups in total. The van der Waals surface area contributed by atoms with Gasteiger partial charge in [-0.25, -0.2) is 4.98 Å². The Morgan fingerprint density at radius 1 is 1.20 bits per heavy atom. The first-order valence-electron chi connectivity index (χ1n) is 7.39. The first kappa shape index (κ1) is 13.8. The molecule has 1 amide bonds. The predicted octanol–water partition coefficient (Wildman–Crippen LogP) is 2.44. The third-order valence-electron chi connectivity index (χ3n) is 4.32. The molecule has 2 saturated heterocycles. The topological polar surface area (TPSA) is 36.4 Å². The van der Waals surface area contributed by atoms with Gasteiger partial charge in [0.15, 0.2) is 0 Å². The molecule has 0 spiro atoms. The molecule has 2 aliphatic rings. The SMILES string of the molecule is O=C(c1ccc(Cl)nc1)N1CCCC(N2CCCC2)C1. The second kappa shape index (κ2) is 6.10. The summed E-state index contributed by atoms with van der Waals surface area (Å²) >= 11 is 5.77. The van der Waals surface area contributed by atoms with Gasteiger partial charge in [0.05, 0.1) is 5.56 Å². The minimum absolute atomic E-state index is 0.0815. The second-order valence-electron chi connectivity index (χ2n) is 5.66. The van der Waals surface area contributed by atoms with E-state index in [1.807, 2.05) is 4.90 Å². The molecule has 1 unspecified atom stereocenters. The highest BCUT2D eigenvalue weighted by Crippen LogP contribution is 2.21. The molecule has 0 aliphatic carbocycles. The third kappa shape index (κ3) is 2.96. The van der Waals surface area contributed by atoms with E-state index in [0.717, 1.165) is 19.5 Å². The lowest BCUT2D eigenvalue weighted by molar-refractivity contribution is 0.0607. The first-order valence-corrected chi connectivity index (χ1v) is 7.77. The standard InChI is InChI=1S/C15H20ClN3O/c16-14-6-5-12(10-17-14)15(20)19-9-3-4-13(11-19)18-7-1-2-8-18/h5-6,10,13H,1-4,7-9,11H2. The zero-order chi connectivity index (χ0) is 13.9. The lowest BCUT2D eigenvalue weighted by Crippen LogP contribution is -2.49. The van der Waals surface area contributed by atoms with Crippen LogP contribution in [-0.2, 0) is 0 Å². The molecule has 2 fully saturated rings. The first-order chi connectivity index (χ1) is 9.74. The molecule has 0 radical (unpaired) electrons. The minimum Gasteiger partial charge on any atom is -0.337 e. The van der Waals surface area contributed by atoms with E-state index in [2.05, 4.69) is 9.88 Å². The Kier molecular flexibility index (Phi) is 4.22. The predicted molar refractivity (Wildman–Crippen MR) is 79.0 cm³/mol. The van der Waals surface area contributed by atoms with Gasteiger partial charge in [0.1, 0.15) is 5.15 Å². The summed E-state index contributed by atoms with van der Waals surface area (Å²) in [6, 6.07) is 3.98. The van der Waals surface area contributed by atoms with Gasteiger partial charge in [-0.3, -0.25) is 9.69 Å². The summed E-state index contributed by atoms with van der Waals surface area (Å²) in [7, 11) is 0. The fourth-order valence-corrected chi connectivity index (χ4v) is 3.34. The van der Waals surface area contributed by atoms with E-state index in [1.54, 1.807) is 18.3 Å². The fourth-order valence-electron chi connectivity index (χ4n) is 3.23. The van der Waals surface area contributed by atoms with Crippen molar-refractivity contribution in [2.75, 3.05) is 26.2 Å². The number of likely N-dealkylation sites (tertiary alicyclic amines) is 2. The molecule has 20 heavy (non-hydrogen) atoms. The number of aromatic nitrogens is 1. The van der Waals surface area contributed by atoms with Crippen molar-refractivity contribution >= 4 is 17.5 Å². The van der Waals surface area contributed by atoms with Crippen LogP contribution in [-0.4, -0.2) is 52.9 Å². The number of rotatable bonds is 2. The normalized spacial score (nSPS) is 24.1. The third-order valence-corrected chi connectivity index (χ3v) is 4.54. The van der Waals surface area contributed by atoms with E-state index in [1.165, 1.54) is 32.4 Å². The molecule has 1 aromatic rings. The summed E-state index contributed by atoms with van der Waals surface area (Å²) in [5, 5.41) is 0.426. The molecular formula is C15H20ClN3O. The molecule has 3 heterocycles. The molecule has 0 bridgehead atoms. The average molecular weight is 294 g/mol. The number of piperidine rings is 1. The van der Waals surface area contributed by atoms with E-state index in [-0.39, 0.29) is 5.91 Å². The highest BCUT2D eigenvalue weighted by atomic mass is 35.5. The Morgan fingerprint density at radius 2 is 2.00 bits per heavy atom. The van der Waals surface area contributed by atoms with Crippen molar-refractivity contribution in [3.05, 3.63) is 29.0 Å². The summed E-state index contributed by atoms with van der Waals surface area (Å²) in [4.78, 5) is 21.0. The molecule has 108 valence electrons. The van der Waals surface area contributed by atoms with Gasteiger partial charge in [0.25, 0.3) is 5.91 Å². The lowest BCUT2D eigenvalue weighted by atomic mass is 10.0. The molecule has 1 atom stereocenters. The maximum atomic E-state index is 12.5. The van der Waals surface area contributed by atoms with E-state index in [0.29, 0.717) is 16.8 Å². The van der Waals surface area contributed by atoms with Crippen LogP contribution in [0.1, 0.15) is 36.0 Å². The van der Waals surface area contributed by atoms with Crippen LogP contribution in [0.2, 0.25) is 5.15 Å². The zero-order valence-corrected chi connectivity index (χ0v) is 12.4. The van der Waals surface area contributed by atoms with E-state index in [9.17, 15) is 4.79 Å². The van der Waals surface area contributed by atoms with Crippen LogP contribution in [0.3, 0.4) is 0 Å². The largest absolute Gasteiger partial charge is 0.337 e. The smallest absolute Gasteiger partial charge is 0.255 e. The maximum Gasteiger partial charge on any atom is 0.255 e. The summed E-state index contributed by atoms with van der Waals surface area (Å²) in [5.74, 6) is 0.0815. The van der Waals surface area contributed by atoms with Crippen molar-refractivity contribution in [1.29, 1.82) is 0 Å². The fraction of sp³-hybridized carbons (Fsp3) is 0.600. The van der Waals surface area contributed by atoms with Crippen molar-refractivity contribution in [2.24, 2.45) is 0 Å². The van der Waals surface area contributed by atoms with Gasteiger partial charge in [0, 0.05) is 25.3 Å². The molecule has 0 aromatic carbocycles. The second-order valence-corrected chi connectivity index (χ2v) is 6.05.